The molecule has 0 saturated carbocycles. The molecule has 0 radical (unpaired) electrons. The molecule has 0 unspecified atom stereocenters. The Balaban J connectivity index is 2.11. The van der Waals surface area contributed by atoms with E-state index in [0.29, 0.717) is 10.6 Å². The van der Waals surface area contributed by atoms with Crippen LogP contribution in [0.4, 0.5) is 5.69 Å². The first kappa shape index (κ1) is 13.5. The Morgan fingerprint density at radius 2 is 1.84 bits per heavy atom. The number of halogens is 1. The van der Waals surface area contributed by atoms with E-state index in [1.54, 1.807) is 6.07 Å². The first-order valence-corrected chi connectivity index (χ1v) is 6.54. The van der Waals surface area contributed by atoms with Gasteiger partial charge in [-0.1, -0.05) is 48.0 Å². The predicted octanol–water partition coefficient (Wildman–Crippen LogP) is 3.89. The molecule has 0 bridgehead atoms. The summed E-state index contributed by atoms with van der Waals surface area (Å²) in [6, 6.07) is 18.0. The van der Waals surface area contributed by atoms with Crippen LogP contribution in [0.2, 0.25) is 5.02 Å². The van der Waals surface area contributed by atoms with Crippen molar-refractivity contribution >= 4 is 17.3 Å². The minimum atomic E-state index is 0.506. The summed E-state index contributed by atoms with van der Waals surface area (Å²) in [5.74, 6) is 0. The van der Waals surface area contributed by atoms with Crippen LogP contribution in [0, 0.1) is 11.3 Å². The number of benzene rings is 2. The van der Waals surface area contributed by atoms with E-state index in [4.69, 9.17) is 11.6 Å². The number of nitriles is 1. The minimum absolute atomic E-state index is 0.506. The van der Waals surface area contributed by atoms with Crippen molar-refractivity contribution in [1.29, 1.82) is 5.26 Å². The van der Waals surface area contributed by atoms with Crippen LogP contribution in [0.3, 0.4) is 0 Å². The zero-order valence-corrected chi connectivity index (χ0v) is 11.6. The second-order valence-electron chi connectivity index (χ2n) is 4.40. The van der Waals surface area contributed by atoms with Gasteiger partial charge in [-0.2, -0.15) is 5.26 Å². The van der Waals surface area contributed by atoms with Crippen LogP contribution in [-0.2, 0) is 6.42 Å². The Hall–Kier alpha value is -1.98. The Morgan fingerprint density at radius 3 is 2.53 bits per heavy atom. The summed E-state index contributed by atoms with van der Waals surface area (Å²) in [7, 11) is 1.98. The van der Waals surface area contributed by atoms with Crippen molar-refractivity contribution in [3.63, 3.8) is 0 Å². The molecule has 0 aromatic heterocycles. The average molecular weight is 271 g/mol. The molecular formula is C16H15ClN2. The molecular weight excluding hydrogens is 256 g/mol. The number of hydrogen-bond acceptors (Lipinski definition) is 2. The van der Waals surface area contributed by atoms with Crippen molar-refractivity contribution in [2.45, 2.75) is 6.42 Å². The maximum absolute atomic E-state index is 9.17. The molecule has 0 atom stereocenters. The van der Waals surface area contributed by atoms with Gasteiger partial charge in [0.15, 0.2) is 0 Å². The van der Waals surface area contributed by atoms with E-state index >= 15 is 0 Å². The molecule has 3 heteroatoms. The number of hydrogen-bond donors (Lipinski definition) is 0. The number of anilines is 1. The molecule has 0 fully saturated rings. The lowest BCUT2D eigenvalue weighted by molar-refractivity contribution is 0.875. The molecule has 96 valence electrons. The lowest BCUT2D eigenvalue weighted by Crippen LogP contribution is -2.21. The summed E-state index contributed by atoms with van der Waals surface area (Å²) in [5.41, 5.74) is 2.71. The lowest BCUT2D eigenvalue weighted by Gasteiger charge is -2.21. The summed E-state index contributed by atoms with van der Waals surface area (Å²) in [4.78, 5) is 2.07. The van der Waals surface area contributed by atoms with Gasteiger partial charge in [0.2, 0.25) is 0 Å². The van der Waals surface area contributed by atoms with Gasteiger partial charge < -0.3 is 4.90 Å². The number of likely N-dealkylation sites (N-methyl/N-ethyl adjacent to an activating group) is 1. The summed E-state index contributed by atoms with van der Waals surface area (Å²) in [5, 5.41) is 9.68. The fraction of sp³-hybridized carbons (Fsp3) is 0.188. The number of nitrogens with zero attached hydrogens (tertiary/aromatic N) is 2. The molecule has 0 amide bonds. The van der Waals surface area contributed by atoms with Crippen LogP contribution >= 0.6 is 11.6 Å². The van der Waals surface area contributed by atoms with Crippen LogP contribution in [-0.4, -0.2) is 13.6 Å². The second-order valence-corrected chi connectivity index (χ2v) is 4.81. The summed E-state index contributed by atoms with van der Waals surface area (Å²) < 4.78 is 0. The molecule has 0 spiro atoms. The highest BCUT2D eigenvalue weighted by Gasteiger charge is 2.10. The van der Waals surface area contributed by atoms with Gasteiger partial charge in [-0.05, 0) is 24.1 Å². The molecule has 2 nitrogen and oxygen atoms in total. The van der Waals surface area contributed by atoms with E-state index in [0.717, 1.165) is 18.7 Å². The van der Waals surface area contributed by atoms with Crippen molar-refractivity contribution < 1.29 is 0 Å². The highest BCUT2D eigenvalue weighted by Crippen LogP contribution is 2.25. The molecule has 0 heterocycles. The van der Waals surface area contributed by atoms with E-state index in [1.807, 2.05) is 37.4 Å². The van der Waals surface area contributed by atoms with Gasteiger partial charge in [0.1, 0.15) is 6.07 Å². The van der Waals surface area contributed by atoms with E-state index < -0.39 is 0 Å². The fourth-order valence-electron chi connectivity index (χ4n) is 2.00. The van der Waals surface area contributed by atoms with Crippen molar-refractivity contribution in [2.24, 2.45) is 0 Å². The van der Waals surface area contributed by atoms with E-state index in [9.17, 15) is 5.26 Å². The van der Waals surface area contributed by atoms with E-state index in [1.165, 1.54) is 5.56 Å². The van der Waals surface area contributed by atoms with Crippen LogP contribution in [0.15, 0.2) is 48.5 Å². The molecule has 0 aliphatic carbocycles. The number of rotatable bonds is 4. The molecule has 2 aromatic carbocycles. The van der Waals surface area contributed by atoms with Gasteiger partial charge in [-0.3, -0.25) is 0 Å². The summed E-state index contributed by atoms with van der Waals surface area (Å²) in [6.45, 7) is 0.846. The summed E-state index contributed by atoms with van der Waals surface area (Å²) >= 11 is 6.04. The zero-order valence-electron chi connectivity index (χ0n) is 10.8. The quantitative estimate of drug-likeness (QED) is 0.843. The van der Waals surface area contributed by atoms with Crippen molar-refractivity contribution in [2.75, 3.05) is 18.5 Å². The largest absolute Gasteiger partial charge is 0.373 e. The van der Waals surface area contributed by atoms with Crippen LogP contribution < -0.4 is 4.90 Å². The third-order valence-electron chi connectivity index (χ3n) is 3.09. The molecule has 19 heavy (non-hydrogen) atoms. The van der Waals surface area contributed by atoms with E-state index in [-0.39, 0.29) is 0 Å². The Morgan fingerprint density at radius 1 is 1.11 bits per heavy atom. The fourth-order valence-corrected chi connectivity index (χ4v) is 2.22. The average Bonchev–Trinajstić information content (AvgIpc) is 2.45. The normalized spacial score (nSPS) is 9.95. The predicted molar refractivity (Wildman–Crippen MR) is 79.6 cm³/mol. The highest BCUT2D eigenvalue weighted by molar-refractivity contribution is 6.32. The Labute approximate surface area is 118 Å². The summed E-state index contributed by atoms with van der Waals surface area (Å²) in [6.07, 6.45) is 0.939. The first-order valence-electron chi connectivity index (χ1n) is 6.16. The third-order valence-corrected chi connectivity index (χ3v) is 3.41. The van der Waals surface area contributed by atoms with Gasteiger partial charge >= 0.3 is 0 Å². The molecule has 2 rings (SSSR count). The maximum Gasteiger partial charge on any atom is 0.103 e. The second kappa shape index (κ2) is 6.26. The van der Waals surface area contributed by atoms with Crippen LogP contribution in [0.1, 0.15) is 11.1 Å². The Bertz CT molecular complexity index is 587. The minimum Gasteiger partial charge on any atom is -0.373 e. The van der Waals surface area contributed by atoms with Crippen LogP contribution in [0.5, 0.6) is 0 Å². The first-order chi connectivity index (χ1) is 9.22. The third kappa shape index (κ3) is 3.27. The van der Waals surface area contributed by atoms with Gasteiger partial charge in [0.25, 0.3) is 0 Å². The van der Waals surface area contributed by atoms with Gasteiger partial charge in [-0.15, -0.1) is 0 Å². The van der Waals surface area contributed by atoms with Gasteiger partial charge in [0.05, 0.1) is 16.3 Å². The van der Waals surface area contributed by atoms with Gasteiger partial charge in [-0.25, -0.2) is 0 Å². The monoisotopic (exact) mass is 270 g/mol. The highest BCUT2D eigenvalue weighted by atomic mass is 35.5. The Kier molecular flexibility index (Phi) is 4.43. The molecule has 0 aliphatic rings. The van der Waals surface area contributed by atoms with E-state index in [2.05, 4.69) is 23.1 Å². The van der Waals surface area contributed by atoms with Crippen LogP contribution in [0.25, 0.3) is 0 Å². The maximum atomic E-state index is 9.17. The smallest absolute Gasteiger partial charge is 0.103 e. The van der Waals surface area contributed by atoms with Gasteiger partial charge in [0, 0.05) is 13.6 Å². The van der Waals surface area contributed by atoms with Crippen molar-refractivity contribution in [1.82, 2.24) is 0 Å². The molecule has 2 aromatic rings. The SMILES string of the molecule is CN(CCc1ccccc1)c1cccc(Cl)c1C#N. The zero-order chi connectivity index (χ0) is 13.7. The van der Waals surface area contributed by atoms with Crippen molar-refractivity contribution in [3.8, 4) is 6.07 Å². The topological polar surface area (TPSA) is 27.0 Å². The standard InChI is InChI=1S/C16H15ClN2/c1-19(11-10-13-6-3-2-4-7-13)16-9-5-8-15(17)14(16)12-18/h2-9H,10-11H2,1H3. The molecule has 0 saturated heterocycles. The molecule has 0 aliphatic heterocycles. The molecule has 0 N–H and O–H groups in total. The van der Waals surface area contributed by atoms with Crippen molar-refractivity contribution in [3.05, 3.63) is 64.7 Å². The lowest BCUT2D eigenvalue weighted by atomic mass is 10.1.